The highest BCUT2D eigenvalue weighted by Crippen LogP contribution is 2.34. The molecule has 2 unspecified atom stereocenters. The van der Waals surface area contributed by atoms with Crippen LogP contribution in [0.1, 0.15) is 52.0 Å². The summed E-state index contributed by atoms with van der Waals surface area (Å²) in [5, 5.41) is 7.73. The van der Waals surface area contributed by atoms with Crippen LogP contribution in [0.15, 0.2) is 24.4 Å². The van der Waals surface area contributed by atoms with Crippen molar-refractivity contribution >= 4 is 22.9 Å². The van der Waals surface area contributed by atoms with Crippen LogP contribution in [0.5, 0.6) is 0 Å². The van der Waals surface area contributed by atoms with E-state index in [2.05, 4.69) is 15.4 Å². The first-order valence-corrected chi connectivity index (χ1v) is 11.1. The molecule has 0 aliphatic carbocycles. The molecule has 3 N–H and O–H groups in total. The highest BCUT2D eigenvalue weighted by Gasteiger charge is 2.26. The summed E-state index contributed by atoms with van der Waals surface area (Å²) in [6, 6.07) is 5.01. The molecule has 3 aromatic rings. The molecule has 0 bridgehead atoms. The lowest BCUT2D eigenvalue weighted by molar-refractivity contribution is 0.0529. The number of hydrogen-bond donors (Lipinski definition) is 2. The van der Waals surface area contributed by atoms with E-state index in [0.29, 0.717) is 22.9 Å². The van der Waals surface area contributed by atoms with Crippen molar-refractivity contribution < 1.29 is 13.9 Å². The van der Waals surface area contributed by atoms with Crippen molar-refractivity contribution in [2.75, 3.05) is 11.9 Å². The first kappa shape index (κ1) is 21.6. The van der Waals surface area contributed by atoms with Gasteiger partial charge in [-0.15, -0.1) is 11.3 Å². The van der Waals surface area contributed by atoms with E-state index < -0.39 is 0 Å². The normalized spacial score (nSPS) is 19.3. The predicted molar refractivity (Wildman–Crippen MR) is 119 cm³/mol. The van der Waals surface area contributed by atoms with Gasteiger partial charge in [-0.25, -0.2) is 9.37 Å². The fourth-order valence-corrected chi connectivity index (χ4v) is 4.92. The van der Waals surface area contributed by atoms with Crippen molar-refractivity contribution in [1.29, 1.82) is 0 Å². The molecule has 0 radical (unpaired) electrons. The number of aryl methyl sites for hydroxylation is 3. The lowest BCUT2D eigenvalue weighted by atomic mass is 10.1. The predicted octanol–water partition coefficient (Wildman–Crippen LogP) is 4.12. The fourth-order valence-electron chi connectivity index (χ4n) is 3.89. The van der Waals surface area contributed by atoms with Crippen LogP contribution in [0.4, 0.5) is 10.1 Å². The number of nitrogens with two attached hydrogens (primary N) is 1. The third-order valence-corrected chi connectivity index (χ3v) is 6.58. The summed E-state index contributed by atoms with van der Waals surface area (Å²) >= 11 is 1.30. The number of thiazole rings is 1. The largest absolute Gasteiger partial charge is 0.372 e. The van der Waals surface area contributed by atoms with Gasteiger partial charge in [0.05, 0.1) is 17.6 Å². The Balaban J connectivity index is 1.60. The van der Waals surface area contributed by atoms with Gasteiger partial charge in [0.2, 0.25) is 0 Å². The molecule has 2 atom stereocenters. The van der Waals surface area contributed by atoms with E-state index in [1.165, 1.54) is 17.4 Å². The summed E-state index contributed by atoms with van der Waals surface area (Å²) in [6.07, 6.45) is 3.84. The molecule has 31 heavy (non-hydrogen) atoms. The number of aromatic nitrogens is 3. The zero-order valence-electron chi connectivity index (χ0n) is 17.8. The van der Waals surface area contributed by atoms with E-state index in [-0.39, 0.29) is 29.6 Å². The molecule has 9 heteroatoms. The Labute approximate surface area is 184 Å². The van der Waals surface area contributed by atoms with Gasteiger partial charge in [-0.05, 0) is 44.7 Å². The molecule has 1 aliphatic rings. The Bertz CT molecular complexity index is 1090. The Morgan fingerprint density at radius 2 is 2.13 bits per heavy atom. The van der Waals surface area contributed by atoms with E-state index in [4.69, 9.17) is 10.5 Å². The molecular weight excluding hydrogens is 417 g/mol. The Morgan fingerprint density at radius 1 is 1.32 bits per heavy atom. The summed E-state index contributed by atoms with van der Waals surface area (Å²) in [7, 11) is 1.83. The number of nitrogens with zero attached hydrogens (tertiary/aromatic N) is 3. The molecule has 1 saturated heterocycles. The highest BCUT2D eigenvalue weighted by molar-refractivity contribution is 7.15. The van der Waals surface area contributed by atoms with Crippen LogP contribution in [0.2, 0.25) is 0 Å². The molecule has 1 aliphatic heterocycles. The van der Waals surface area contributed by atoms with E-state index >= 15 is 0 Å². The summed E-state index contributed by atoms with van der Waals surface area (Å²) in [5.41, 5.74) is 8.94. The number of benzene rings is 1. The maximum absolute atomic E-state index is 14.4. The second-order valence-corrected chi connectivity index (χ2v) is 9.07. The van der Waals surface area contributed by atoms with Gasteiger partial charge < -0.3 is 15.8 Å². The van der Waals surface area contributed by atoms with E-state index in [1.54, 1.807) is 16.9 Å². The SMILES string of the molecule is Cc1cccc(F)c1-c1nc(C(=O)Nc2cnn(C)c2C2CCC(N)CCO2)c(C)s1. The number of nitrogens with one attached hydrogen (secondary N) is 1. The summed E-state index contributed by atoms with van der Waals surface area (Å²) in [6.45, 7) is 4.21. The fraction of sp³-hybridized carbons (Fsp3) is 0.409. The van der Waals surface area contributed by atoms with Crippen LogP contribution >= 0.6 is 11.3 Å². The summed E-state index contributed by atoms with van der Waals surface area (Å²) < 4.78 is 22.1. The van der Waals surface area contributed by atoms with Crippen molar-refractivity contribution in [3.05, 3.63) is 52.0 Å². The Morgan fingerprint density at radius 3 is 2.90 bits per heavy atom. The molecule has 1 aromatic carbocycles. The topological polar surface area (TPSA) is 95.1 Å². The van der Waals surface area contributed by atoms with Crippen molar-refractivity contribution in [1.82, 2.24) is 14.8 Å². The van der Waals surface area contributed by atoms with Gasteiger partial charge >= 0.3 is 0 Å². The van der Waals surface area contributed by atoms with Gasteiger partial charge in [-0.2, -0.15) is 5.10 Å². The maximum atomic E-state index is 14.4. The number of halogens is 1. The molecule has 4 rings (SSSR count). The molecule has 0 spiro atoms. The first-order valence-electron chi connectivity index (χ1n) is 10.3. The number of rotatable bonds is 4. The Kier molecular flexibility index (Phi) is 6.17. The zero-order valence-corrected chi connectivity index (χ0v) is 18.6. The number of hydrogen-bond acceptors (Lipinski definition) is 6. The average molecular weight is 444 g/mol. The van der Waals surface area contributed by atoms with Crippen LogP contribution < -0.4 is 11.1 Å². The number of carbonyl (C=O) groups is 1. The van der Waals surface area contributed by atoms with Gasteiger partial charge in [0, 0.05) is 30.1 Å². The van der Waals surface area contributed by atoms with Gasteiger partial charge in [0.15, 0.2) is 0 Å². The molecule has 1 fully saturated rings. The lowest BCUT2D eigenvalue weighted by Crippen LogP contribution is -2.19. The number of ether oxygens (including phenoxy) is 1. The van der Waals surface area contributed by atoms with E-state index in [1.807, 2.05) is 27.0 Å². The van der Waals surface area contributed by atoms with Crippen molar-refractivity contribution in [2.24, 2.45) is 12.8 Å². The van der Waals surface area contributed by atoms with E-state index in [0.717, 1.165) is 35.4 Å². The third-order valence-electron chi connectivity index (χ3n) is 5.59. The van der Waals surface area contributed by atoms with Crippen LogP contribution in [-0.4, -0.2) is 33.3 Å². The minimum atomic E-state index is -0.353. The number of anilines is 1. The molecule has 0 saturated carbocycles. The van der Waals surface area contributed by atoms with Gasteiger partial charge in [-0.1, -0.05) is 12.1 Å². The van der Waals surface area contributed by atoms with Gasteiger partial charge in [0.25, 0.3) is 5.91 Å². The average Bonchev–Trinajstić information content (AvgIpc) is 3.19. The molecular formula is C22H26FN5O2S. The highest BCUT2D eigenvalue weighted by atomic mass is 32.1. The van der Waals surface area contributed by atoms with Crippen molar-refractivity contribution in [3.8, 4) is 10.6 Å². The molecule has 2 aromatic heterocycles. The second kappa shape index (κ2) is 8.86. The van der Waals surface area contributed by atoms with Crippen LogP contribution in [0, 0.1) is 19.7 Å². The van der Waals surface area contributed by atoms with Crippen molar-refractivity contribution in [2.45, 2.75) is 45.3 Å². The Hall–Kier alpha value is -2.62. The van der Waals surface area contributed by atoms with E-state index in [9.17, 15) is 9.18 Å². The van der Waals surface area contributed by atoms with Gasteiger partial charge in [-0.3, -0.25) is 9.48 Å². The molecule has 164 valence electrons. The zero-order chi connectivity index (χ0) is 22.1. The minimum Gasteiger partial charge on any atom is -0.372 e. The lowest BCUT2D eigenvalue weighted by Gasteiger charge is -2.17. The molecule has 7 nitrogen and oxygen atoms in total. The molecule has 1 amide bonds. The minimum absolute atomic E-state index is 0.120. The maximum Gasteiger partial charge on any atom is 0.275 e. The summed E-state index contributed by atoms with van der Waals surface area (Å²) in [4.78, 5) is 18.2. The second-order valence-electron chi connectivity index (χ2n) is 7.86. The van der Waals surface area contributed by atoms with Gasteiger partial charge in [0.1, 0.15) is 22.6 Å². The number of carbonyl (C=O) groups excluding carboxylic acids is 1. The summed E-state index contributed by atoms with van der Waals surface area (Å²) in [5.74, 6) is -0.701. The monoisotopic (exact) mass is 443 g/mol. The van der Waals surface area contributed by atoms with Crippen molar-refractivity contribution in [3.63, 3.8) is 0 Å². The van der Waals surface area contributed by atoms with Crippen LogP contribution in [0.3, 0.4) is 0 Å². The third kappa shape index (κ3) is 4.39. The standard InChI is InChI=1S/C22H26FN5O2S/c1-12-5-4-6-15(23)18(12)22-27-19(13(2)31-22)21(29)26-16-11-25-28(3)20(16)17-8-7-14(24)9-10-30-17/h4-6,11,14,17H,7-10,24H2,1-3H3,(H,26,29). The smallest absolute Gasteiger partial charge is 0.275 e. The quantitative estimate of drug-likeness (QED) is 0.632. The number of amides is 1. The molecule has 3 heterocycles. The van der Waals surface area contributed by atoms with Crippen LogP contribution in [-0.2, 0) is 11.8 Å². The first-order chi connectivity index (χ1) is 14.8. The van der Waals surface area contributed by atoms with Crippen LogP contribution in [0.25, 0.3) is 10.6 Å².